The van der Waals surface area contributed by atoms with E-state index in [0.29, 0.717) is 0 Å². The van der Waals surface area contributed by atoms with Gasteiger partial charge < -0.3 is 4.57 Å². The second-order valence-electron chi connectivity index (χ2n) is 12.7. The maximum Gasteiger partial charge on any atom is 0.179 e. The van der Waals surface area contributed by atoms with Gasteiger partial charge in [-0.05, 0) is 107 Å². The molecule has 8 rings (SSSR count). The van der Waals surface area contributed by atoms with E-state index in [1.165, 1.54) is 72.6 Å². The molecular weight excluding hydrogens is 559 g/mol. The molecular formula is C43H39NSi. The molecule has 0 radical (unpaired) electrons. The van der Waals surface area contributed by atoms with E-state index in [4.69, 9.17) is 0 Å². The fourth-order valence-electron chi connectivity index (χ4n) is 8.01. The van der Waals surface area contributed by atoms with Crippen molar-refractivity contribution in [3.05, 3.63) is 168 Å². The largest absolute Gasteiger partial charge is 0.313 e. The van der Waals surface area contributed by atoms with Gasteiger partial charge in [-0.3, -0.25) is 0 Å². The number of allylic oxidation sites excluding steroid dienone is 4. The van der Waals surface area contributed by atoms with Gasteiger partial charge in [-0.1, -0.05) is 127 Å². The summed E-state index contributed by atoms with van der Waals surface area (Å²) in [7, 11) is -2.68. The maximum absolute atomic E-state index is 2.68. The minimum Gasteiger partial charge on any atom is -0.313 e. The number of rotatable bonds is 6. The molecule has 0 fully saturated rings. The number of para-hydroxylation sites is 1. The van der Waals surface area contributed by atoms with E-state index in [-0.39, 0.29) is 0 Å². The van der Waals surface area contributed by atoms with Crippen LogP contribution in [0, 0.1) is 6.92 Å². The average Bonchev–Trinajstić information content (AvgIpc) is 3.45. The molecule has 220 valence electrons. The molecule has 0 N–H and O–H groups in total. The van der Waals surface area contributed by atoms with Gasteiger partial charge in [0.05, 0.1) is 5.52 Å². The number of fused-ring (bicyclic) bond motifs is 3. The van der Waals surface area contributed by atoms with E-state index in [0.717, 1.165) is 25.7 Å². The molecule has 1 heterocycles. The van der Waals surface area contributed by atoms with Gasteiger partial charge in [-0.25, -0.2) is 0 Å². The normalized spacial score (nSPS) is 15.8. The summed E-state index contributed by atoms with van der Waals surface area (Å²) in [4.78, 5) is 0. The lowest BCUT2D eigenvalue weighted by Gasteiger charge is -2.36. The summed E-state index contributed by atoms with van der Waals surface area (Å²) in [6, 6.07) is 48.2. The number of hydrogen-bond acceptors (Lipinski definition) is 0. The Hall–Kier alpha value is -4.66. The van der Waals surface area contributed by atoms with E-state index in [1.807, 2.05) is 0 Å². The van der Waals surface area contributed by atoms with Crippen molar-refractivity contribution >= 4 is 34.5 Å². The SMILES string of the molecule is Cc1ccc([Si](C2=CCCC=C2)(c2ccccc2)c2ccc3c(c2)c2c(n3-c3ccccc3)CCCC2)cc1-c1ccccc1. The Morgan fingerprint density at radius 2 is 1.31 bits per heavy atom. The zero-order valence-corrected chi connectivity index (χ0v) is 27.0. The monoisotopic (exact) mass is 597 g/mol. The molecule has 0 saturated carbocycles. The first kappa shape index (κ1) is 27.9. The highest BCUT2D eigenvalue weighted by molar-refractivity contribution is 7.16. The Kier molecular flexibility index (Phi) is 7.23. The molecule has 0 spiro atoms. The molecule has 1 unspecified atom stereocenters. The first-order chi connectivity index (χ1) is 22.2. The van der Waals surface area contributed by atoms with Crippen LogP contribution in [0.15, 0.2) is 151 Å². The predicted molar refractivity (Wildman–Crippen MR) is 194 cm³/mol. The van der Waals surface area contributed by atoms with Crippen LogP contribution in [-0.2, 0) is 12.8 Å². The van der Waals surface area contributed by atoms with Crippen LogP contribution in [0.2, 0.25) is 0 Å². The Morgan fingerprint density at radius 3 is 2.07 bits per heavy atom. The second-order valence-corrected chi connectivity index (χ2v) is 16.5. The lowest BCUT2D eigenvalue weighted by atomic mass is 9.95. The van der Waals surface area contributed by atoms with Crippen LogP contribution >= 0.6 is 0 Å². The summed E-state index contributed by atoms with van der Waals surface area (Å²) in [6.45, 7) is 2.25. The van der Waals surface area contributed by atoms with E-state index < -0.39 is 8.07 Å². The number of aromatic nitrogens is 1. The zero-order valence-electron chi connectivity index (χ0n) is 26.0. The molecule has 6 aromatic rings. The summed E-state index contributed by atoms with van der Waals surface area (Å²) in [5.41, 5.74) is 9.60. The molecule has 0 amide bonds. The standard InChI is InChI=1S/C43H39NSi/c1-32-26-27-37(30-40(32)33-16-6-2-7-17-33)45(35-20-10-4-11-21-35,36-22-12-5-13-23-36)38-28-29-43-41(31-38)39-24-14-15-25-42(39)44(43)34-18-8-3-9-19-34/h2-4,6-12,16-23,26-31H,5,13-15,24-25H2,1H3. The van der Waals surface area contributed by atoms with Crippen molar-refractivity contribution in [3.63, 3.8) is 0 Å². The van der Waals surface area contributed by atoms with Gasteiger partial charge >= 0.3 is 0 Å². The van der Waals surface area contributed by atoms with Crippen molar-refractivity contribution in [2.45, 2.75) is 45.4 Å². The third-order valence-corrected chi connectivity index (χ3v) is 14.9. The Bertz CT molecular complexity index is 2050. The van der Waals surface area contributed by atoms with Crippen molar-refractivity contribution < 1.29 is 0 Å². The summed E-state index contributed by atoms with van der Waals surface area (Å²) >= 11 is 0. The molecule has 1 atom stereocenters. The van der Waals surface area contributed by atoms with Crippen molar-refractivity contribution in [2.24, 2.45) is 0 Å². The lowest BCUT2D eigenvalue weighted by Crippen LogP contribution is -2.68. The Balaban J connectivity index is 1.45. The van der Waals surface area contributed by atoms with Crippen LogP contribution in [0.5, 0.6) is 0 Å². The van der Waals surface area contributed by atoms with Gasteiger partial charge in [0, 0.05) is 16.8 Å². The molecule has 0 bridgehead atoms. The minimum atomic E-state index is -2.68. The van der Waals surface area contributed by atoms with E-state index >= 15 is 0 Å². The highest BCUT2D eigenvalue weighted by Gasteiger charge is 2.43. The van der Waals surface area contributed by atoms with Gasteiger partial charge in [0.2, 0.25) is 0 Å². The summed E-state index contributed by atoms with van der Waals surface area (Å²) in [5.74, 6) is 0. The lowest BCUT2D eigenvalue weighted by molar-refractivity contribution is 0.667. The predicted octanol–water partition coefficient (Wildman–Crippen LogP) is 8.77. The number of hydrogen-bond donors (Lipinski definition) is 0. The van der Waals surface area contributed by atoms with Gasteiger partial charge in [0.25, 0.3) is 0 Å². The quantitative estimate of drug-likeness (QED) is 0.134. The third-order valence-electron chi connectivity index (χ3n) is 10.1. The average molecular weight is 598 g/mol. The van der Waals surface area contributed by atoms with Crippen LogP contribution in [-0.4, -0.2) is 12.6 Å². The van der Waals surface area contributed by atoms with Crippen molar-refractivity contribution in [1.29, 1.82) is 0 Å². The van der Waals surface area contributed by atoms with Crippen LogP contribution in [0.1, 0.15) is 42.5 Å². The Labute approximate surface area is 268 Å². The van der Waals surface area contributed by atoms with Crippen LogP contribution in [0.3, 0.4) is 0 Å². The topological polar surface area (TPSA) is 4.93 Å². The van der Waals surface area contributed by atoms with Gasteiger partial charge in [-0.15, -0.1) is 0 Å². The Morgan fingerprint density at radius 1 is 0.622 bits per heavy atom. The fourth-order valence-corrected chi connectivity index (χ4v) is 12.9. The molecule has 45 heavy (non-hydrogen) atoms. The summed E-state index contributed by atoms with van der Waals surface area (Å²) in [6.07, 6.45) is 14.4. The molecule has 0 saturated heterocycles. The molecule has 2 aliphatic rings. The number of aryl methyl sites for hydroxylation is 2. The van der Waals surface area contributed by atoms with Gasteiger partial charge in [0.1, 0.15) is 0 Å². The smallest absolute Gasteiger partial charge is 0.179 e. The van der Waals surface area contributed by atoms with Crippen molar-refractivity contribution in [1.82, 2.24) is 4.57 Å². The number of nitrogens with zero attached hydrogens (tertiary/aromatic N) is 1. The van der Waals surface area contributed by atoms with E-state index in [9.17, 15) is 0 Å². The highest BCUT2D eigenvalue weighted by Crippen LogP contribution is 2.35. The molecule has 1 aromatic heterocycles. The van der Waals surface area contributed by atoms with E-state index in [1.54, 1.807) is 5.56 Å². The first-order valence-electron chi connectivity index (χ1n) is 16.6. The molecule has 2 aliphatic carbocycles. The van der Waals surface area contributed by atoms with Crippen LogP contribution < -0.4 is 15.6 Å². The number of benzene rings is 5. The van der Waals surface area contributed by atoms with Gasteiger partial charge in [0.15, 0.2) is 8.07 Å². The fraction of sp³-hybridized carbons (Fsp3) is 0.163. The third kappa shape index (κ3) is 4.67. The molecule has 1 nitrogen and oxygen atoms in total. The first-order valence-corrected chi connectivity index (χ1v) is 18.6. The second kappa shape index (κ2) is 11.7. The molecule has 2 heteroatoms. The summed E-state index contributed by atoms with van der Waals surface area (Å²) in [5, 5.41) is 7.31. The maximum atomic E-state index is 2.61. The van der Waals surface area contributed by atoms with Gasteiger partial charge in [-0.2, -0.15) is 0 Å². The van der Waals surface area contributed by atoms with Crippen LogP contribution in [0.4, 0.5) is 0 Å². The molecule has 0 aliphatic heterocycles. The van der Waals surface area contributed by atoms with Crippen LogP contribution in [0.25, 0.3) is 27.7 Å². The summed E-state index contributed by atoms with van der Waals surface area (Å²) < 4.78 is 2.55. The minimum absolute atomic E-state index is 1.09. The zero-order chi connectivity index (χ0) is 30.2. The van der Waals surface area contributed by atoms with E-state index in [2.05, 4.69) is 157 Å². The van der Waals surface area contributed by atoms with Crippen molar-refractivity contribution in [2.75, 3.05) is 0 Å². The highest BCUT2D eigenvalue weighted by atomic mass is 28.3. The van der Waals surface area contributed by atoms with Crippen molar-refractivity contribution in [3.8, 4) is 16.8 Å². The molecule has 5 aromatic carbocycles.